The molecule has 2 aromatic rings. The van der Waals surface area contributed by atoms with Crippen LogP contribution in [0.1, 0.15) is 50.5 Å². The molecule has 0 aromatic carbocycles. The van der Waals surface area contributed by atoms with Crippen molar-refractivity contribution in [1.29, 1.82) is 0 Å². The lowest BCUT2D eigenvalue weighted by Gasteiger charge is -2.32. The second-order valence-electron chi connectivity index (χ2n) is 8.58. The summed E-state index contributed by atoms with van der Waals surface area (Å²) in [5, 5.41) is 6.70. The Morgan fingerprint density at radius 3 is 2.62 bits per heavy atom. The summed E-state index contributed by atoms with van der Waals surface area (Å²) in [5.74, 6) is 3.05. The average molecular weight is 394 g/mol. The molecule has 7 nitrogen and oxygen atoms in total. The summed E-state index contributed by atoms with van der Waals surface area (Å²) in [7, 11) is 0. The maximum absolute atomic E-state index is 4.91. The lowest BCUT2D eigenvalue weighted by molar-refractivity contribution is 0.415. The topological polar surface area (TPSA) is 69.2 Å². The van der Waals surface area contributed by atoms with Gasteiger partial charge in [0.2, 0.25) is 5.95 Å². The highest BCUT2D eigenvalue weighted by Crippen LogP contribution is 2.39. The van der Waals surface area contributed by atoms with Crippen LogP contribution in [0.15, 0.2) is 24.5 Å². The third-order valence-electron chi connectivity index (χ3n) is 6.55. The van der Waals surface area contributed by atoms with Gasteiger partial charge in [-0.3, -0.25) is 0 Å². The Labute approximate surface area is 172 Å². The molecule has 4 heterocycles. The summed E-state index contributed by atoms with van der Waals surface area (Å²) in [6.45, 7) is 7.46. The Morgan fingerprint density at radius 1 is 1.03 bits per heavy atom. The summed E-state index contributed by atoms with van der Waals surface area (Å²) < 4.78 is 0. The summed E-state index contributed by atoms with van der Waals surface area (Å²) in [6, 6.07) is 4.78. The Kier molecular flexibility index (Phi) is 5.23. The van der Waals surface area contributed by atoms with E-state index in [9.17, 15) is 0 Å². The van der Waals surface area contributed by atoms with Crippen molar-refractivity contribution >= 4 is 23.3 Å². The second-order valence-corrected chi connectivity index (χ2v) is 8.58. The first-order chi connectivity index (χ1) is 14.3. The van der Waals surface area contributed by atoms with Gasteiger partial charge < -0.3 is 20.4 Å². The van der Waals surface area contributed by atoms with E-state index in [0.29, 0.717) is 17.9 Å². The second kappa shape index (κ2) is 8.14. The number of hydrogen-bond acceptors (Lipinski definition) is 7. The van der Waals surface area contributed by atoms with Crippen molar-refractivity contribution in [3.63, 3.8) is 0 Å². The van der Waals surface area contributed by atoms with Gasteiger partial charge in [-0.1, -0.05) is 26.2 Å². The Bertz CT molecular complexity index is 826. The SMILES string of the molecule is CC1CN(C2CCCCC2)c2nc(Nc3ccc(N4CCNCC4)cn3)ncc21. The van der Waals surface area contributed by atoms with Crippen LogP contribution in [0.5, 0.6) is 0 Å². The van der Waals surface area contributed by atoms with Gasteiger partial charge >= 0.3 is 0 Å². The number of nitrogens with one attached hydrogen (secondary N) is 2. The minimum Gasteiger partial charge on any atom is -0.368 e. The van der Waals surface area contributed by atoms with Gasteiger partial charge in [0, 0.05) is 56.4 Å². The van der Waals surface area contributed by atoms with Crippen LogP contribution >= 0.6 is 0 Å². The van der Waals surface area contributed by atoms with Gasteiger partial charge in [-0.05, 0) is 25.0 Å². The quantitative estimate of drug-likeness (QED) is 0.826. The third-order valence-corrected chi connectivity index (χ3v) is 6.55. The van der Waals surface area contributed by atoms with Gasteiger partial charge in [0.25, 0.3) is 0 Å². The molecule has 154 valence electrons. The van der Waals surface area contributed by atoms with Gasteiger partial charge in [-0.15, -0.1) is 0 Å². The molecular formula is C22H31N7. The van der Waals surface area contributed by atoms with E-state index in [0.717, 1.165) is 44.4 Å². The maximum atomic E-state index is 4.91. The van der Waals surface area contributed by atoms with Gasteiger partial charge in [0.05, 0.1) is 11.9 Å². The van der Waals surface area contributed by atoms with E-state index in [1.807, 2.05) is 18.5 Å². The first-order valence-corrected chi connectivity index (χ1v) is 11.1. The Hall–Kier alpha value is -2.41. The molecule has 1 saturated heterocycles. The van der Waals surface area contributed by atoms with Crippen molar-refractivity contribution in [3.05, 3.63) is 30.1 Å². The van der Waals surface area contributed by atoms with Crippen LogP contribution in [0.4, 0.5) is 23.3 Å². The van der Waals surface area contributed by atoms with Crippen LogP contribution < -0.4 is 20.4 Å². The molecule has 1 unspecified atom stereocenters. The smallest absolute Gasteiger partial charge is 0.230 e. The lowest BCUT2D eigenvalue weighted by Crippen LogP contribution is -2.43. The zero-order chi connectivity index (χ0) is 19.6. The largest absolute Gasteiger partial charge is 0.368 e. The van der Waals surface area contributed by atoms with Crippen LogP contribution in [-0.2, 0) is 0 Å². The zero-order valence-corrected chi connectivity index (χ0v) is 17.3. The number of fused-ring (bicyclic) bond motifs is 1. The van der Waals surface area contributed by atoms with Crippen LogP contribution in [0, 0.1) is 0 Å². The van der Waals surface area contributed by atoms with E-state index in [2.05, 4.69) is 43.4 Å². The zero-order valence-electron chi connectivity index (χ0n) is 17.3. The van der Waals surface area contributed by atoms with E-state index < -0.39 is 0 Å². The predicted molar refractivity (Wildman–Crippen MR) is 117 cm³/mol. The monoisotopic (exact) mass is 393 g/mol. The maximum Gasteiger partial charge on any atom is 0.230 e. The van der Waals surface area contributed by atoms with Crippen LogP contribution in [0.25, 0.3) is 0 Å². The highest BCUT2D eigenvalue weighted by molar-refractivity contribution is 5.60. The van der Waals surface area contributed by atoms with Crippen molar-refractivity contribution in [3.8, 4) is 0 Å². The van der Waals surface area contributed by atoms with Crippen molar-refractivity contribution in [1.82, 2.24) is 20.3 Å². The van der Waals surface area contributed by atoms with Crippen molar-refractivity contribution in [2.45, 2.75) is 51.0 Å². The number of aromatic nitrogens is 3. The minimum absolute atomic E-state index is 0.498. The van der Waals surface area contributed by atoms with Gasteiger partial charge in [-0.25, -0.2) is 9.97 Å². The first-order valence-electron chi connectivity index (χ1n) is 11.1. The number of anilines is 4. The van der Waals surface area contributed by atoms with E-state index in [-0.39, 0.29) is 0 Å². The number of nitrogens with zero attached hydrogens (tertiary/aromatic N) is 5. The summed E-state index contributed by atoms with van der Waals surface area (Å²) >= 11 is 0. The molecule has 2 aromatic heterocycles. The molecule has 5 rings (SSSR count). The fourth-order valence-electron chi connectivity index (χ4n) is 4.90. The molecule has 2 N–H and O–H groups in total. The Balaban J connectivity index is 1.32. The summed E-state index contributed by atoms with van der Waals surface area (Å²) in [5.41, 5.74) is 2.45. The molecular weight excluding hydrogens is 362 g/mol. The highest BCUT2D eigenvalue weighted by Gasteiger charge is 2.33. The fraction of sp³-hybridized carbons (Fsp3) is 0.591. The van der Waals surface area contributed by atoms with Crippen LogP contribution in [0.3, 0.4) is 0 Å². The van der Waals surface area contributed by atoms with E-state index in [1.54, 1.807) is 0 Å². The van der Waals surface area contributed by atoms with Gasteiger partial charge in [0.1, 0.15) is 11.6 Å². The average Bonchev–Trinajstić information content (AvgIpc) is 3.11. The van der Waals surface area contributed by atoms with Gasteiger partial charge in [0.15, 0.2) is 0 Å². The number of hydrogen-bond donors (Lipinski definition) is 2. The molecule has 2 fully saturated rings. The molecule has 0 radical (unpaired) electrons. The molecule has 0 amide bonds. The number of pyridine rings is 1. The molecule has 2 aliphatic heterocycles. The standard InChI is InChI=1S/C22H31N7/c1-16-15-29(17-5-3-2-4-6-17)21-19(16)14-25-22(27-21)26-20-8-7-18(13-24-20)28-11-9-23-10-12-28/h7-8,13-14,16-17,23H,2-6,9-12,15H2,1H3,(H,24,25,26,27). The molecule has 0 bridgehead atoms. The van der Waals surface area contributed by atoms with E-state index >= 15 is 0 Å². The fourth-order valence-corrected chi connectivity index (χ4v) is 4.90. The normalized spacial score (nSPS) is 22.6. The van der Waals surface area contributed by atoms with E-state index in [4.69, 9.17) is 4.98 Å². The lowest BCUT2D eigenvalue weighted by atomic mass is 9.94. The summed E-state index contributed by atoms with van der Waals surface area (Å²) in [6.07, 6.45) is 10.6. The third kappa shape index (κ3) is 3.88. The highest BCUT2D eigenvalue weighted by atomic mass is 15.3. The molecule has 3 aliphatic rings. The van der Waals surface area contributed by atoms with Crippen molar-refractivity contribution in [2.75, 3.05) is 47.8 Å². The van der Waals surface area contributed by atoms with E-state index in [1.165, 1.54) is 43.4 Å². The molecule has 29 heavy (non-hydrogen) atoms. The molecule has 1 atom stereocenters. The molecule has 1 saturated carbocycles. The number of rotatable bonds is 4. The predicted octanol–water partition coefficient (Wildman–Crippen LogP) is 3.28. The van der Waals surface area contributed by atoms with Crippen LogP contribution in [-0.4, -0.2) is 53.7 Å². The minimum atomic E-state index is 0.498. The Morgan fingerprint density at radius 2 is 1.86 bits per heavy atom. The molecule has 0 spiro atoms. The molecule has 1 aliphatic carbocycles. The molecule has 7 heteroatoms. The van der Waals surface area contributed by atoms with Crippen molar-refractivity contribution in [2.24, 2.45) is 0 Å². The van der Waals surface area contributed by atoms with Crippen molar-refractivity contribution < 1.29 is 0 Å². The van der Waals surface area contributed by atoms with Crippen LogP contribution in [0.2, 0.25) is 0 Å². The van der Waals surface area contributed by atoms with Gasteiger partial charge in [-0.2, -0.15) is 4.98 Å². The summed E-state index contributed by atoms with van der Waals surface area (Å²) in [4.78, 5) is 19.0. The first kappa shape index (κ1) is 18.6. The number of piperazine rings is 1.